The second-order valence-corrected chi connectivity index (χ2v) is 3.92. The topological polar surface area (TPSA) is 51.5 Å². The van der Waals surface area contributed by atoms with Gasteiger partial charge in [0.15, 0.2) is 0 Å². The van der Waals surface area contributed by atoms with Crippen LogP contribution in [0.2, 0.25) is 0 Å². The summed E-state index contributed by atoms with van der Waals surface area (Å²) in [4.78, 5) is 11.2. The first-order valence-electron chi connectivity index (χ1n) is 5.18. The Labute approximate surface area is 92.1 Å². The lowest BCUT2D eigenvalue weighted by molar-refractivity contribution is 0.0698. The molecule has 16 heavy (non-hydrogen) atoms. The van der Waals surface area contributed by atoms with Gasteiger partial charge in [-0.05, 0) is 13.0 Å². The minimum absolute atomic E-state index is 0.391. The predicted molar refractivity (Wildman–Crippen MR) is 59.1 cm³/mol. The molecule has 4 nitrogen and oxygen atoms in total. The van der Waals surface area contributed by atoms with Gasteiger partial charge >= 0.3 is 5.97 Å². The van der Waals surface area contributed by atoms with Crippen LogP contribution in [0.25, 0.3) is 10.9 Å². The number of carboxylic acids is 1. The molecule has 3 rings (SSSR count). The number of hydrogen-bond acceptors (Lipinski definition) is 2. The lowest BCUT2D eigenvalue weighted by atomic mass is 10.1. The van der Waals surface area contributed by atoms with Crippen LogP contribution >= 0.6 is 0 Å². The van der Waals surface area contributed by atoms with E-state index in [1.165, 1.54) is 0 Å². The van der Waals surface area contributed by atoms with E-state index in [1.807, 2.05) is 29.7 Å². The Kier molecular flexibility index (Phi) is 1.74. The molecule has 4 heteroatoms. The molecule has 2 heterocycles. The Hall–Kier alpha value is -1.97. The van der Waals surface area contributed by atoms with Crippen molar-refractivity contribution in [2.45, 2.75) is 13.5 Å². The summed E-state index contributed by atoms with van der Waals surface area (Å²) in [6, 6.07) is 5.54. The number of aromatic nitrogens is 1. The van der Waals surface area contributed by atoms with Crippen LogP contribution in [0, 0.1) is 6.92 Å². The van der Waals surface area contributed by atoms with Crippen LogP contribution < -0.4 is 4.74 Å². The zero-order valence-electron chi connectivity index (χ0n) is 8.86. The van der Waals surface area contributed by atoms with Crippen LogP contribution in [-0.2, 0) is 6.54 Å². The van der Waals surface area contributed by atoms with Gasteiger partial charge in [-0.3, -0.25) is 0 Å². The highest BCUT2D eigenvalue weighted by Gasteiger charge is 2.23. The van der Waals surface area contributed by atoms with E-state index in [1.54, 1.807) is 0 Å². The average molecular weight is 217 g/mol. The molecule has 0 radical (unpaired) electrons. The van der Waals surface area contributed by atoms with E-state index >= 15 is 0 Å². The highest BCUT2D eigenvalue weighted by molar-refractivity contribution is 6.06. The van der Waals surface area contributed by atoms with Crippen LogP contribution in [0.5, 0.6) is 5.75 Å². The van der Waals surface area contributed by atoms with Gasteiger partial charge in [-0.25, -0.2) is 4.79 Å². The van der Waals surface area contributed by atoms with E-state index in [2.05, 4.69) is 0 Å². The lowest BCUT2D eigenvalue weighted by Gasteiger charge is -2.17. The molecule has 0 fully saturated rings. The largest absolute Gasteiger partial charge is 0.490 e. The average Bonchev–Trinajstić information content (AvgIpc) is 2.55. The summed E-state index contributed by atoms with van der Waals surface area (Å²) in [5.74, 6) is -0.0975. The summed E-state index contributed by atoms with van der Waals surface area (Å²) in [5.41, 5.74) is 2.10. The quantitative estimate of drug-likeness (QED) is 0.795. The number of ether oxygens (including phenoxy) is 1. The Balaban J connectivity index is 2.50. The number of para-hydroxylation sites is 1. The third-order valence-corrected chi connectivity index (χ3v) is 3.09. The maximum absolute atomic E-state index is 11.2. The molecule has 0 aliphatic carbocycles. The van der Waals surface area contributed by atoms with Gasteiger partial charge in [0.2, 0.25) is 0 Å². The number of aromatic carboxylic acids is 1. The van der Waals surface area contributed by atoms with Crippen molar-refractivity contribution >= 4 is 16.9 Å². The van der Waals surface area contributed by atoms with Crippen molar-refractivity contribution in [2.24, 2.45) is 0 Å². The summed E-state index contributed by atoms with van der Waals surface area (Å²) in [5, 5.41) is 10.00. The Morgan fingerprint density at radius 2 is 2.31 bits per heavy atom. The zero-order chi connectivity index (χ0) is 11.3. The van der Waals surface area contributed by atoms with Gasteiger partial charge in [-0.15, -0.1) is 0 Å². The number of carboxylic acid groups (broad SMARTS) is 1. The summed E-state index contributed by atoms with van der Waals surface area (Å²) in [7, 11) is 0. The molecule has 2 aromatic rings. The van der Waals surface area contributed by atoms with Gasteiger partial charge in [-0.2, -0.15) is 0 Å². The van der Waals surface area contributed by atoms with E-state index in [9.17, 15) is 9.90 Å². The normalized spacial score (nSPS) is 13.8. The summed E-state index contributed by atoms with van der Waals surface area (Å²) in [6.07, 6.45) is 0. The van der Waals surface area contributed by atoms with E-state index in [-0.39, 0.29) is 0 Å². The van der Waals surface area contributed by atoms with Crippen LogP contribution in [0.4, 0.5) is 0 Å². The Morgan fingerprint density at radius 1 is 1.50 bits per heavy atom. The number of nitrogens with zero attached hydrogens (tertiary/aromatic N) is 1. The van der Waals surface area contributed by atoms with Crippen molar-refractivity contribution in [3.63, 3.8) is 0 Å². The molecule has 0 amide bonds. The van der Waals surface area contributed by atoms with Crippen molar-refractivity contribution in [3.8, 4) is 5.75 Å². The van der Waals surface area contributed by atoms with Crippen molar-refractivity contribution < 1.29 is 14.6 Å². The Bertz CT molecular complexity index is 598. The van der Waals surface area contributed by atoms with E-state index in [0.717, 1.165) is 22.3 Å². The van der Waals surface area contributed by atoms with Crippen LogP contribution in [0.1, 0.15) is 16.1 Å². The van der Waals surface area contributed by atoms with Crippen molar-refractivity contribution in [1.82, 2.24) is 4.57 Å². The second-order valence-electron chi connectivity index (χ2n) is 3.92. The van der Waals surface area contributed by atoms with Crippen molar-refractivity contribution in [1.29, 1.82) is 0 Å². The van der Waals surface area contributed by atoms with E-state index in [0.29, 0.717) is 18.7 Å². The fourth-order valence-electron chi connectivity index (χ4n) is 2.41. The van der Waals surface area contributed by atoms with E-state index < -0.39 is 5.97 Å². The molecule has 1 aromatic heterocycles. The highest BCUT2D eigenvalue weighted by atomic mass is 16.5. The minimum atomic E-state index is -0.875. The first-order valence-corrected chi connectivity index (χ1v) is 5.18. The lowest BCUT2D eigenvalue weighted by Crippen LogP contribution is -2.15. The molecule has 1 N–H and O–H groups in total. The van der Waals surface area contributed by atoms with Gasteiger partial charge in [-0.1, -0.05) is 12.1 Å². The molecular weight excluding hydrogens is 206 g/mol. The van der Waals surface area contributed by atoms with Gasteiger partial charge in [0.1, 0.15) is 12.4 Å². The fourth-order valence-corrected chi connectivity index (χ4v) is 2.41. The summed E-state index contributed by atoms with van der Waals surface area (Å²) in [6.45, 7) is 3.16. The van der Waals surface area contributed by atoms with Crippen molar-refractivity contribution in [2.75, 3.05) is 6.61 Å². The molecule has 0 saturated heterocycles. The van der Waals surface area contributed by atoms with Crippen molar-refractivity contribution in [3.05, 3.63) is 29.5 Å². The molecule has 1 aliphatic rings. The standard InChI is InChI=1S/C12H11NO3/c1-7-10(12(14)15)8-3-2-4-9-11(8)13(7)5-6-16-9/h2-4H,5-6H2,1H3,(H,14,15). The van der Waals surface area contributed by atoms with Crippen LogP contribution in [0.3, 0.4) is 0 Å². The second kappa shape index (κ2) is 3.01. The SMILES string of the molecule is Cc1c(C(=O)O)c2cccc3c2n1CCO3. The third kappa shape index (κ3) is 1.01. The number of rotatable bonds is 1. The number of hydrogen-bond donors (Lipinski definition) is 1. The molecule has 1 aromatic carbocycles. The van der Waals surface area contributed by atoms with Crippen LogP contribution in [0.15, 0.2) is 18.2 Å². The first kappa shape index (κ1) is 9.27. The van der Waals surface area contributed by atoms with E-state index in [4.69, 9.17) is 4.74 Å². The minimum Gasteiger partial charge on any atom is -0.490 e. The van der Waals surface area contributed by atoms with Gasteiger partial charge in [0, 0.05) is 11.1 Å². The van der Waals surface area contributed by atoms with Gasteiger partial charge < -0.3 is 14.4 Å². The molecule has 0 spiro atoms. The Morgan fingerprint density at radius 3 is 3.06 bits per heavy atom. The molecule has 1 aliphatic heterocycles. The summed E-state index contributed by atoms with van der Waals surface area (Å²) >= 11 is 0. The molecule has 0 atom stereocenters. The molecule has 0 saturated carbocycles. The highest BCUT2D eigenvalue weighted by Crippen LogP contribution is 2.34. The van der Waals surface area contributed by atoms with Gasteiger partial charge in [0.25, 0.3) is 0 Å². The molecule has 0 unspecified atom stereocenters. The number of benzene rings is 1. The number of carbonyl (C=O) groups is 1. The maximum atomic E-state index is 11.2. The third-order valence-electron chi connectivity index (χ3n) is 3.09. The zero-order valence-corrected chi connectivity index (χ0v) is 8.86. The first-order chi connectivity index (χ1) is 7.70. The monoisotopic (exact) mass is 217 g/mol. The van der Waals surface area contributed by atoms with Gasteiger partial charge in [0.05, 0.1) is 17.6 Å². The molecule has 82 valence electrons. The fraction of sp³-hybridized carbons (Fsp3) is 0.250. The predicted octanol–water partition coefficient (Wildman–Crippen LogP) is 2.04. The molecule has 0 bridgehead atoms. The maximum Gasteiger partial charge on any atom is 0.338 e. The smallest absolute Gasteiger partial charge is 0.338 e. The van der Waals surface area contributed by atoms with Crippen LogP contribution in [-0.4, -0.2) is 22.2 Å². The molecular formula is C12H11NO3. The summed E-state index contributed by atoms with van der Waals surface area (Å²) < 4.78 is 7.56.